The Labute approximate surface area is 190 Å². The minimum atomic E-state index is -0.166. The van der Waals surface area contributed by atoms with Gasteiger partial charge in [-0.1, -0.05) is 19.8 Å². The third-order valence-corrected chi connectivity index (χ3v) is 7.54. The Balaban J connectivity index is 1.51. The molecule has 1 unspecified atom stereocenters. The van der Waals surface area contributed by atoms with E-state index in [1.165, 1.54) is 12.8 Å². The fourth-order valence-electron chi connectivity index (χ4n) is 5.55. The lowest BCUT2D eigenvalue weighted by molar-refractivity contribution is -0.131. The number of nitrogens with zero attached hydrogens (tertiary/aromatic N) is 5. The molecule has 0 aromatic carbocycles. The highest BCUT2D eigenvalue weighted by Crippen LogP contribution is 2.40. The summed E-state index contributed by atoms with van der Waals surface area (Å²) < 4.78 is 0. The van der Waals surface area contributed by atoms with Crippen molar-refractivity contribution in [1.29, 1.82) is 0 Å². The highest BCUT2D eigenvalue weighted by Gasteiger charge is 2.41. The number of carbonyl (C=O) groups excluding carboxylic acids is 2. The number of nitrogens with one attached hydrogen (secondary N) is 1. The van der Waals surface area contributed by atoms with Crippen molar-refractivity contribution in [2.75, 3.05) is 41.8 Å². The van der Waals surface area contributed by atoms with Crippen LogP contribution in [0.15, 0.2) is 6.20 Å². The van der Waals surface area contributed by atoms with Crippen LogP contribution in [0.3, 0.4) is 0 Å². The molecule has 4 rings (SSSR count). The number of carbonyl (C=O) groups is 2. The van der Waals surface area contributed by atoms with Crippen molar-refractivity contribution in [1.82, 2.24) is 14.9 Å². The smallest absolute Gasteiger partial charge is 0.249 e. The van der Waals surface area contributed by atoms with Gasteiger partial charge in [0.1, 0.15) is 11.7 Å². The summed E-state index contributed by atoms with van der Waals surface area (Å²) in [5.41, 5.74) is 6.29. The van der Waals surface area contributed by atoms with Crippen LogP contribution in [0.2, 0.25) is 0 Å². The molecule has 2 atom stereocenters. The molecule has 1 aromatic heterocycles. The van der Waals surface area contributed by atoms with Gasteiger partial charge in [-0.25, -0.2) is 4.98 Å². The van der Waals surface area contributed by atoms with E-state index in [0.717, 1.165) is 56.7 Å². The molecule has 1 saturated carbocycles. The summed E-state index contributed by atoms with van der Waals surface area (Å²) in [7, 11) is 1.82. The Hall–Kier alpha value is -2.42. The molecule has 0 bridgehead atoms. The number of likely N-dealkylation sites (tertiary alicyclic amines) is 1. The van der Waals surface area contributed by atoms with E-state index in [1.54, 1.807) is 11.1 Å². The topological polar surface area (TPSA) is 108 Å². The molecule has 2 amide bonds. The summed E-state index contributed by atoms with van der Waals surface area (Å²) in [4.78, 5) is 40.2. The normalized spacial score (nSPS) is 23.4. The standard InChI is InChI=1S/C23H37N7O2/c1-4-18-22(32)28(3)19-14-25-23(27-21(19)30(18)17-7-5-6-8-17)26-15(2)16-9-11-29(12-10-16)20(31)13-24/h14-18H,4-13,24H2,1-3H3,(H,25,26,27)/t15-,18?/m0/s1. The van der Waals surface area contributed by atoms with Gasteiger partial charge in [-0.2, -0.15) is 4.98 Å². The van der Waals surface area contributed by atoms with Gasteiger partial charge in [-0.05, 0) is 44.9 Å². The molecule has 1 aliphatic carbocycles. The van der Waals surface area contributed by atoms with Gasteiger partial charge in [0, 0.05) is 32.2 Å². The van der Waals surface area contributed by atoms with Crippen molar-refractivity contribution < 1.29 is 9.59 Å². The monoisotopic (exact) mass is 443 g/mol. The van der Waals surface area contributed by atoms with Crippen LogP contribution >= 0.6 is 0 Å². The van der Waals surface area contributed by atoms with Crippen LogP contribution < -0.4 is 20.9 Å². The van der Waals surface area contributed by atoms with Crippen LogP contribution in [0.4, 0.5) is 17.5 Å². The fourth-order valence-corrected chi connectivity index (χ4v) is 5.55. The third-order valence-electron chi connectivity index (χ3n) is 7.54. The van der Waals surface area contributed by atoms with Crippen molar-refractivity contribution in [2.24, 2.45) is 11.7 Å². The molecule has 2 fully saturated rings. The van der Waals surface area contributed by atoms with E-state index in [1.807, 2.05) is 11.9 Å². The average molecular weight is 444 g/mol. The van der Waals surface area contributed by atoms with Crippen molar-refractivity contribution in [3.8, 4) is 0 Å². The molecule has 176 valence electrons. The van der Waals surface area contributed by atoms with Gasteiger partial charge in [0.05, 0.1) is 12.7 Å². The SMILES string of the molecule is CCC1C(=O)N(C)c2cnc(N[C@@H](C)C3CCN(C(=O)CN)CC3)nc2N1C1CCCC1. The predicted octanol–water partition coefficient (Wildman–Crippen LogP) is 1.98. The zero-order valence-electron chi connectivity index (χ0n) is 19.6. The van der Waals surface area contributed by atoms with E-state index in [2.05, 4.69) is 29.0 Å². The minimum Gasteiger partial charge on any atom is -0.351 e. The Bertz CT molecular complexity index is 834. The van der Waals surface area contributed by atoms with Gasteiger partial charge in [0.2, 0.25) is 17.8 Å². The zero-order valence-corrected chi connectivity index (χ0v) is 19.6. The van der Waals surface area contributed by atoms with E-state index in [4.69, 9.17) is 10.7 Å². The van der Waals surface area contributed by atoms with Crippen LogP contribution in [0.1, 0.15) is 58.8 Å². The Morgan fingerprint density at radius 2 is 1.94 bits per heavy atom. The first-order valence-corrected chi connectivity index (χ1v) is 12.1. The average Bonchev–Trinajstić information content (AvgIpc) is 3.35. The van der Waals surface area contributed by atoms with Crippen molar-refractivity contribution >= 4 is 29.3 Å². The molecule has 3 aliphatic rings. The molecule has 1 saturated heterocycles. The van der Waals surface area contributed by atoms with Crippen molar-refractivity contribution in [3.05, 3.63) is 6.20 Å². The third kappa shape index (κ3) is 4.27. The molecule has 0 spiro atoms. The summed E-state index contributed by atoms with van der Waals surface area (Å²) >= 11 is 0. The Morgan fingerprint density at radius 1 is 1.25 bits per heavy atom. The molecule has 0 radical (unpaired) electrons. The number of hydrogen-bond acceptors (Lipinski definition) is 7. The lowest BCUT2D eigenvalue weighted by Gasteiger charge is -2.43. The highest BCUT2D eigenvalue weighted by molar-refractivity contribution is 6.04. The molecule has 3 N–H and O–H groups in total. The number of piperidine rings is 1. The Kier molecular flexibility index (Phi) is 6.83. The largest absolute Gasteiger partial charge is 0.351 e. The number of amides is 2. The lowest BCUT2D eigenvalue weighted by Crippen LogP contribution is -2.55. The first-order valence-electron chi connectivity index (χ1n) is 12.1. The van der Waals surface area contributed by atoms with Gasteiger partial charge >= 0.3 is 0 Å². The van der Waals surface area contributed by atoms with Crippen LogP contribution in [-0.2, 0) is 9.59 Å². The van der Waals surface area contributed by atoms with E-state index >= 15 is 0 Å². The minimum absolute atomic E-state index is 0.0261. The maximum atomic E-state index is 13.0. The van der Waals surface area contributed by atoms with E-state index in [9.17, 15) is 9.59 Å². The van der Waals surface area contributed by atoms with Crippen molar-refractivity contribution in [3.63, 3.8) is 0 Å². The molecule has 1 aromatic rings. The first kappa shape index (κ1) is 22.8. The number of anilines is 3. The number of likely N-dealkylation sites (N-methyl/N-ethyl adjacent to an activating group) is 1. The fraction of sp³-hybridized carbons (Fsp3) is 0.739. The summed E-state index contributed by atoms with van der Waals surface area (Å²) in [5, 5.41) is 3.51. The lowest BCUT2D eigenvalue weighted by atomic mass is 9.90. The second kappa shape index (κ2) is 9.60. The number of rotatable bonds is 6. The Morgan fingerprint density at radius 3 is 2.56 bits per heavy atom. The highest BCUT2D eigenvalue weighted by atomic mass is 16.2. The van der Waals surface area contributed by atoms with Gasteiger partial charge in [0.15, 0.2) is 5.82 Å². The van der Waals surface area contributed by atoms with E-state index < -0.39 is 0 Å². The summed E-state index contributed by atoms with van der Waals surface area (Å²) in [6.07, 6.45) is 9.05. The molecule has 9 nitrogen and oxygen atoms in total. The van der Waals surface area contributed by atoms with Crippen LogP contribution in [0.25, 0.3) is 0 Å². The second-order valence-electron chi connectivity index (χ2n) is 9.42. The van der Waals surface area contributed by atoms with Crippen LogP contribution in [0.5, 0.6) is 0 Å². The zero-order chi connectivity index (χ0) is 22.8. The van der Waals surface area contributed by atoms with E-state index in [-0.39, 0.29) is 30.4 Å². The number of hydrogen-bond donors (Lipinski definition) is 2. The van der Waals surface area contributed by atoms with Gasteiger partial charge in [-0.3, -0.25) is 9.59 Å². The molecule has 32 heavy (non-hydrogen) atoms. The second-order valence-corrected chi connectivity index (χ2v) is 9.42. The maximum absolute atomic E-state index is 13.0. The molecular weight excluding hydrogens is 406 g/mol. The van der Waals surface area contributed by atoms with E-state index in [0.29, 0.717) is 17.9 Å². The summed E-state index contributed by atoms with van der Waals surface area (Å²) in [6, 6.07) is 0.383. The molecule has 3 heterocycles. The van der Waals surface area contributed by atoms with Gasteiger partial charge in [0.25, 0.3) is 0 Å². The quantitative estimate of drug-likeness (QED) is 0.692. The summed E-state index contributed by atoms with van der Waals surface area (Å²) in [6.45, 7) is 5.81. The first-order chi connectivity index (χ1) is 15.4. The van der Waals surface area contributed by atoms with Gasteiger partial charge in [-0.15, -0.1) is 0 Å². The number of fused-ring (bicyclic) bond motifs is 1. The summed E-state index contributed by atoms with van der Waals surface area (Å²) in [5.74, 6) is 2.08. The molecule has 9 heteroatoms. The molecule has 2 aliphatic heterocycles. The molecular formula is C23H37N7O2. The predicted molar refractivity (Wildman–Crippen MR) is 126 cm³/mol. The van der Waals surface area contributed by atoms with Crippen LogP contribution in [0, 0.1) is 5.92 Å². The maximum Gasteiger partial charge on any atom is 0.249 e. The number of aromatic nitrogens is 2. The van der Waals surface area contributed by atoms with Gasteiger partial charge < -0.3 is 25.8 Å². The van der Waals surface area contributed by atoms with Crippen LogP contribution in [-0.4, -0.2) is 71.5 Å². The number of nitrogens with two attached hydrogens (primary N) is 1. The van der Waals surface area contributed by atoms with Crippen molar-refractivity contribution in [2.45, 2.75) is 76.9 Å².